The number of unbranched alkanes of at least 4 members (excludes halogenated alkanes) is 2. The zero-order valence-corrected chi connectivity index (χ0v) is 11.1. The monoisotopic (exact) mass is 267 g/mol. The zero-order valence-electron chi connectivity index (χ0n) is 11.1. The van der Waals surface area contributed by atoms with E-state index in [0.29, 0.717) is 11.4 Å². The minimum atomic E-state index is -1.04. The maximum atomic E-state index is 10.8. The Bertz CT molecular complexity index is 398. The van der Waals surface area contributed by atoms with Gasteiger partial charge in [-0.05, 0) is 18.6 Å². The van der Waals surface area contributed by atoms with Crippen LogP contribution in [0, 0.1) is 0 Å². The fourth-order valence-corrected chi connectivity index (χ4v) is 1.90. The molecule has 1 rings (SSSR count). The lowest BCUT2D eigenvalue weighted by molar-refractivity contribution is 0.121. The largest absolute Gasteiger partial charge is 0.465 e. The Hall–Kier alpha value is -1.66. The van der Waals surface area contributed by atoms with E-state index in [1.807, 2.05) is 12.1 Å². The molecule has 106 valence electrons. The Balaban J connectivity index is 2.76. The first-order chi connectivity index (χ1) is 9.17. The number of carbonyl (C=O) groups is 1. The highest BCUT2D eigenvalue weighted by Crippen LogP contribution is 2.18. The Labute approximate surface area is 112 Å². The second kappa shape index (κ2) is 8.44. The van der Waals surface area contributed by atoms with Crippen LogP contribution in [0.1, 0.15) is 50.0 Å². The van der Waals surface area contributed by atoms with Crippen LogP contribution in [0.25, 0.3) is 0 Å². The Morgan fingerprint density at radius 3 is 2.95 bits per heavy atom. The third-order valence-corrected chi connectivity index (χ3v) is 2.81. The molecule has 6 heteroatoms. The van der Waals surface area contributed by atoms with Gasteiger partial charge >= 0.3 is 6.09 Å². The third-order valence-electron chi connectivity index (χ3n) is 2.81. The van der Waals surface area contributed by atoms with Crippen molar-refractivity contribution in [1.82, 2.24) is 10.3 Å². The molecule has 0 radical (unpaired) electrons. The molecule has 0 aromatic carbocycles. The van der Waals surface area contributed by atoms with Crippen LogP contribution in [0.2, 0.25) is 0 Å². The van der Waals surface area contributed by atoms with E-state index in [9.17, 15) is 4.79 Å². The second-order valence-corrected chi connectivity index (χ2v) is 4.36. The van der Waals surface area contributed by atoms with Gasteiger partial charge in [0.05, 0.1) is 17.4 Å². The van der Waals surface area contributed by atoms with Crippen LogP contribution in [0.15, 0.2) is 18.2 Å². The van der Waals surface area contributed by atoms with E-state index >= 15 is 0 Å². The smallest absolute Gasteiger partial charge is 0.405 e. The molecule has 0 spiro atoms. The van der Waals surface area contributed by atoms with Crippen molar-refractivity contribution in [2.75, 3.05) is 0 Å². The summed E-state index contributed by atoms with van der Waals surface area (Å²) in [7, 11) is 0. The number of carboxylic acid groups (broad SMARTS) is 1. The number of nitrogens with one attached hydrogen (secondary N) is 1. The number of rotatable bonds is 8. The van der Waals surface area contributed by atoms with E-state index in [1.54, 1.807) is 6.07 Å². The van der Waals surface area contributed by atoms with Crippen LogP contribution in [0.3, 0.4) is 0 Å². The topological polar surface area (TPSA) is 97.5 Å². The molecule has 0 aliphatic heterocycles. The summed E-state index contributed by atoms with van der Waals surface area (Å²) in [6.07, 6.45) is 2.82. The summed E-state index contributed by atoms with van der Waals surface area (Å²) < 4.78 is 0. The van der Waals surface area contributed by atoms with Gasteiger partial charge in [0.2, 0.25) is 0 Å². The van der Waals surface area contributed by atoms with E-state index in [0.717, 1.165) is 25.7 Å². The van der Waals surface area contributed by atoms with Crippen LogP contribution < -0.4 is 11.2 Å². The van der Waals surface area contributed by atoms with Gasteiger partial charge in [0, 0.05) is 0 Å². The highest BCUT2D eigenvalue weighted by atomic mass is 16.6. The number of aromatic nitrogens is 1. The van der Waals surface area contributed by atoms with Crippen molar-refractivity contribution in [3.05, 3.63) is 29.6 Å². The highest BCUT2D eigenvalue weighted by Gasteiger charge is 2.15. The molecule has 1 unspecified atom stereocenters. The van der Waals surface area contributed by atoms with Crippen molar-refractivity contribution in [2.45, 2.75) is 45.3 Å². The standard InChI is InChI=1S/C13H21N3O3/c1-2-3-4-7-12(16-13(17)18)11-8-5-6-10(15-11)9-19-14/h5-6,8,12,16H,2-4,7,9,14H2,1H3,(H,17,18). The average Bonchev–Trinajstić information content (AvgIpc) is 2.38. The lowest BCUT2D eigenvalue weighted by atomic mass is 10.0. The summed E-state index contributed by atoms with van der Waals surface area (Å²) in [5, 5.41) is 11.4. The molecule has 0 aliphatic rings. The number of amides is 1. The lowest BCUT2D eigenvalue weighted by Gasteiger charge is -2.17. The second-order valence-electron chi connectivity index (χ2n) is 4.36. The first-order valence-electron chi connectivity index (χ1n) is 6.44. The molecule has 1 atom stereocenters. The Kier molecular flexibility index (Phi) is 6.84. The van der Waals surface area contributed by atoms with Crippen LogP contribution in [0.4, 0.5) is 4.79 Å². The quantitative estimate of drug-likeness (QED) is 0.496. The van der Waals surface area contributed by atoms with E-state index in [4.69, 9.17) is 11.0 Å². The molecule has 0 saturated carbocycles. The van der Waals surface area contributed by atoms with Gasteiger partial charge in [-0.2, -0.15) is 0 Å². The maximum absolute atomic E-state index is 10.8. The molecule has 0 fully saturated rings. The van der Waals surface area contributed by atoms with Gasteiger partial charge in [0.15, 0.2) is 0 Å². The fourth-order valence-electron chi connectivity index (χ4n) is 1.90. The van der Waals surface area contributed by atoms with E-state index in [1.165, 1.54) is 0 Å². The molecular weight excluding hydrogens is 246 g/mol. The van der Waals surface area contributed by atoms with Crippen molar-refractivity contribution in [3.63, 3.8) is 0 Å². The molecule has 0 bridgehead atoms. The summed E-state index contributed by atoms with van der Waals surface area (Å²) >= 11 is 0. The molecule has 1 aromatic heterocycles. The molecular formula is C13H21N3O3. The zero-order chi connectivity index (χ0) is 14.1. The Morgan fingerprint density at radius 1 is 1.53 bits per heavy atom. The number of pyridine rings is 1. The molecule has 4 N–H and O–H groups in total. The van der Waals surface area contributed by atoms with Crippen molar-refractivity contribution < 1.29 is 14.7 Å². The SMILES string of the molecule is CCCCCC(NC(=O)O)c1cccc(CON)n1. The summed E-state index contributed by atoms with van der Waals surface area (Å²) in [6.45, 7) is 2.32. The predicted octanol–water partition coefficient (Wildman–Crippen LogP) is 2.36. The molecule has 0 saturated heterocycles. The minimum absolute atomic E-state index is 0.211. The van der Waals surface area contributed by atoms with Gasteiger partial charge in [-0.15, -0.1) is 0 Å². The van der Waals surface area contributed by atoms with Crippen LogP contribution in [-0.4, -0.2) is 16.2 Å². The van der Waals surface area contributed by atoms with E-state index in [-0.39, 0.29) is 12.6 Å². The van der Waals surface area contributed by atoms with Gasteiger partial charge in [-0.1, -0.05) is 32.3 Å². The molecule has 1 aromatic rings. The highest BCUT2D eigenvalue weighted by molar-refractivity contribution is 5.65. The maximum Gasteiger partial charge on any atom is 0.405 e. The van der Waals surface area contributed by atoms with E-state index in [2.05, 4.69) is 22.1 Å². The van der Waals surface area contributed by atoms with Crippen LogP contribution in [0.5, 0.6) is 0 Å². The summed E-state index contributed by atoms with van der Waals surface area (Å²) in [5.41, 5.74) is 1.39. The minimum Gasteiger partial charge on any atom is -0.465 e. The van der Waals surface area contributed by atoms with Gasteiger partial charge < -0.3 is 10.4 Å². The van der Waals surface area contributed by atoms with Crippen molar-refractivity contribution >= 4 is 6.09 Å². The Morgan fingerprint density at radius 2 is 2.32 bits per heavy atom. The van der Waals surface area contributed by atoms with Gasteiger partial charge in [0.25, 0.3) is 0 Å². The van der Waals surface area contributed by atoms with Crippen LogP contribution in [-0.2, 0) is 11.4 Å². The molecule has 6 nitrogen and oxygen atoms in total. The third kappa shape index (κ3) is 5.67. The van der Waals surface area contributed by atoms with Crippen molar-refractivity contribution in [1.29, 1.82) is 0 Å². The summed E-state index contributed by atoms with van der Waals surface area (Å²) in [4.78, 5) is 19.7. The number of nitrogens with zero attached hydrogens (tertiary/aromatic N) is 1. The van der Waals surface area contributed by atoms with Crippen molar-refractivity contribution in [3.8, 4) is 0 Å². The van der Waals surface area contributed by atoms with Gasteiger partial charge in [-0.3, -0.25) is 9.82 Å². The normalized spacial score (nSPS) is 12.1. The first kappa shape index (κ1) is 15.4. The fraction of sp³-hybridized carbons (Fsp3) is 0.538. The first-order valence-corrected chi connectivity index (χ1v) is 6.44. The van der Waals surface area contributed by atoms with Gasteiger partial charge in [0.1, 0.15) is 6.61 Å². The molecule has 19 heavy (non-hydrogen) atoms. The summed E-state index contributed by atoms with van der Waals surface area (Å²) in [6, 6.07) is 5.14. The average molecular weight is 267 g/mol. The number of hydrogen-bond donors (Lipinski definition) is 3. The van der Waals surface area contributed by atoms with E-state index < -0.39 is 6.09 Å². The molecule has 1 heterocycles. The summed E-state index contributed by atoms with van der Waals surface area (Å²) in [5.74, 6) is 5.02. The number of hydrogen-bond acceptors (Lipinski definition) is 4. The van der Waals surface area contributed by atoms with Crippen LogP contribution >= 0.6 is 0 Å². The number of nitrogens with two attached hydrogens (primary N) is 1. The predicted molar refractivity (Wildman–Crippen MR) is 71.3 cm³/mol. The van der Waals surface area contributed by atoms with Crippen molar-refractivity contribution in [2.24, 2.45) is 5.90 Å². The molecule has 1 amide bonds. The van der Waals surface area contributed by atoms with Gasteiger partial charge in [-0.25, -0.2) is 10.7 Å². The molecule has 0 aliphatic carbocycles. The lowest BCUT2D eigenvalue weighted by Crippen LogP contribution is -2.27.